The van der Waals surface area contributed by atoms with Crippen LogP contribution in [-0.2, 0) is 23.8 Å². The van der Waals surface area contributed by atoms with Gasteiger partial charge < -0.3 is 9.47 Å². The van der Waals surface area contributed by atoms with Gasteiger partial charge in [0.05, 0.1) is 17.8 Å². The summed E-state index contributed by atoms with van der Waals surface area (Å²) in [7, 11) is 1.29. The first kappa shape index (κ1) is 41.0. The van der Waals surface area contributed by atoms with Crippen molar-refractivity contribution in [3.05, 3.63) is 168 Å². The summed E-state index contributed by atoms with van der Waals surface area (Å²) >= 11 is 1.59. The van der Waals surface area contributed by atoms with Crippen LogP contribution >= 0.6 is 11.8 Å². The first-order valence-electron chi connectivity index (χ1n) is 18.7. The van der Waals surface area contributed by atoms with E-state index in [0.29, 0.717) is 11.1 Å². The minimum absolute atomic E-state index is 0.119. The summed E-state index contributed by atoms with van der Waals surface area (Å²) in [5.74, 6) is 4.39. The van der Waals surface area contributed by atoms with Gasteiger partial charge in [0.25, 0.3) is 5.91 Å². The maximum absolute atomic E-state index is 14.7. The Morgan fingerprint density at radius 3 is 1.58 bits per heavy atom. The standard InChI is InChI=1S/C47H52N2O5S/c1-34(2)31-46(44(52)53-6,49(48)42(50)41-30-20-19-29-40(41)35-21-11-7-12-22-35)32-36(43(51)54-45(3,4)5)33-55-47(37-23-13-8-14-24-37,38-25-15-9-16-26-38)39-27-17-10-18-28-39/h7-30,34,36H,31-33,48H2,1-6H3/t36-,46+/m0/s1. The van der Waals surface area contributed by atoms with E-state index in [0.717, 1.165) is 27.3 Å². The van der Waals surface area contributed by atoms with Crippen LogP contribution in [0.1, 0.15) is 74.5 Å². The van der Waals surface area contributed by atoms with Crippen molar-refractivity contribution < 1.29 is 23.9 Å². The molecule has 0 saturated heterocycles. The lowest BCUT2D eigenvalue weighted by molar-refractivity contribution is -0.164. The smallest absolute Gasteiger partial charge is 0.333 e. The monoisotopic (exact) mass is 756 g/mol. The number of rotatable bonds is 15. The van der Waals surface area contributed by atoms with Gasteiger partial charge in [0, 0.05) is 11.3 Å². The van der Waals surface area contributed by atoms with Crippen molar-refractivity contribution in [2.75, 3.05) is 12.9 Å². The first-order valence-corrected chi connectivity index (χ1v) is 19.7. The molecule has 0 aliphatic heterocycles. The number of ether oxygens (including phenoxy) is 2. The second kappa shape index (κ2) is 18.0. The summed E-state index contributed by atoms with van der Waals surface area (Å²) in [6.45, 7) is 9.36. The molecule has 8 heteroatoms. The molecule has 286 valence electrons. The second-order valence-corrected chi connectivity index (χ2v) is 16.5. The van der Waals surface area contributed by atoms with Gasteiger partial charge in [-0.25, -0.2) is 10.6 Å². The quantitative estimate of drug-likeness (QED) is 0.0374. The Morgan fingerprint density at radius 1 is 0.673 bits per heavy atom. The van der Waals surface area contributed by atoms with Crippen molar-refractivity contribution in [3.63, 3.8) is 0 Å². The molecule has 0 aliphatic carbocycles. The summed E-state index contributed by atoms with van der Waals surface area (Å²) in [6, 6.07) is 47.3. The van der Waals surface area contributed by atoms with E-state index in [2.05, 4.69) is 36.4 Å². The van der Waals surface area contributed by atoms with Crippen LogP contribution in [0, 0.1) is 11.8 Å². The maximum atomic E-state index is 14.7. The Balaban J connectivity index is 1.66. The number of benzene rings is 5. The molecule has 1 amide bonds. The summed E-state index contributed by atoms with van der Waals surface area (Å²) in [5, 5.41) is 1.02. The molecule has 0 aromatic heterocycles. The van der Waals surface area contributed by atoms with E-state index >= 15 is 0 Å². The number of hydrazine groups is 1. The van der Waals surface area contributed by atoms with Crippen molar-refractivity contribution in [1.29, 1.82) is 0 Å². The number of nitrogens with two attached hydrogens (primary N) is 1. The van der Waals surface area contributed by atoms with Gasteiger partial charge in [0.1, 0.15) is 5.60 Å². The van der Waals surface area contributed by atoms with E-state index in [-0.39, 0.29) is 24.5 Å². The third-order valence-corrected chi connectivity index (χ3v) is 11.3. The first-order chi connectivity index (χ1) is 26.3. The predicted octanol–water partition coefficient (Wildman–Crippen LogP) is 9.70. The Kier molecular flexibility index (Phi) is 13.4. The molecule has 0 fully saturated rings. The number of amides is 1. The van der Waals surface area contributed by atoms with Crippen molar-refractivity contribution >= 4 is 29.6 Å². The SMILES string of the molecule is COC(=O)[C@@](CC(C)C)(C[C@@H](CSC(c1ccccc1)(c1ccccc1)c1ccccc1)C(=O)OC(C)(C)C)N(N)C(=O)c1ccccc1-c1ccccc1. The fourth-order valence-corrected chi connectivity index (χ4v) is 8.88. The number of nitrogens with zero attached hydrogens (tertiary/aromatic N) is 1. The van der Waals surface area contributed by atoms with Gasteiger partial charge in [-0.15, -0.1) is 11.8 Å². The zero-order chi connectivity index (χ0) is 39.6. The topological polar surface area (TPSA) is 98.9 Å². The summed E-state index contributed by atoms with van der Waals surface area (Å²) < 4.78 is 10.8. The molecule has 0 unspecified atom stereocenters. The highest BCUT2D eigenvalue weighted by atomic mass is 32.2. The summed E-state index contributed by atoms with van der Waals surface area (Å²) in [6.07, 6.45) is 0.00450. The predicted molar refractivity (Wildman–Crippen MR) is 222 cm³/mol. The molecule has 2 N–H and O–H groups in total. The van der Waals surface area contributed by atoms with Gasteiger partial charge in [-0.05, 0) is 73.4 Å². The molecule has 0 heterocycles. The number of methoxy groups -OCH3 is 1. The highest BCUT2D eigenvalue weighted by Crippen LogP contribution is 2.50. The number of esters is 2. The number of hydrogen-bond donors (Lipinski definition) is 1. The minimum Gasteiger partial charge on any atom is -0.467 e. The van der Waals surface area contributed by atoms with Gasteiger partial charge in [-0.3, -0.25) is 14.6 Å². The number of thioether (sulfide) groups is 1. The second-order valence-electron chi connectivity index (χ2n) is 15.2. The molecule has 5 aromatic rings. The van der Waals surface area contributed by atoms with E-state index in [9.17, 15) is 14.4 Å². The van der Waals surface area contributed by atoms with Gasteiger partial charge in [0.2, 0.25) is 0 Å². The highest BCUT2D eigenvalue weighted by Gasteiger charge is 2.51. The molecule has 0 saturated carbocycles. The van der Waals surface area contributed by atoms with Crippen LogP contribution in [0.5, 0.6) is 0 Å². The molecular weight excluding hydrogens is 705 g/mol. The molecule has 0 radical (unpaired) electrons. The van der Waals surface area contributed by atoms with Gasteiger partial charge >= 0.3 is 11.9 Å². The van der Waals surface area contributed by atoms with Crippen molar-refractivity contribution in [2.45, 2.75) is 63.3 Å². The minimum atomic E-state index is -1.74. The molecule has 7 nitrogen and oxygen atoms in total. The van der Waals surface area contributed by atoms with Crippen molar-refractivity contribution in [1.82, 2.24) is 5.01 Å². The van der Waals surface area contributed by atoms with Crippen LogP contribution in [0.25, 0.3) is 11.1 Å². The third-order valence-electron chi connectivity index (χ3n) is 9.60. The molecule has 0 aliphatic rings. The fraction of sp³-hybridized carbons (Fsp3) is 0.298. The summed E-state index contributed by atoms with van der Waals surface area (Å²) in [5.41, 5.74) is 2.33. The van der Waals surface area contributed by atoms with Crippen LogP contribution in [0.3, 0.4) is 0 Å². The van der Waals surface area contributed by atoms with E-state index in [1.165, 1.54) is 7.11 Å². The molecule has 5 aromatic carbocycles. The number of carbonyl (C=O) groups excluding carboxylic acids is 3. The van der Waals surface area contributed by atoms with Crippen LogP contribution in [0.15, 0.2) is 146 Å². The third kappa shape index (κ3) is 9.38. The zero-order valence-electron chi connectivity index (χ0n) is 32.6. The normalized spacial score (nSPS) is 13.4. The Bertz CT molecular complexity index is 1920. The lowest BCUT2D eigenvalue weighted by atomic mass is 9.80. The highest BCUT2D eigenvalue weighted by molar-refractivity contribution is 8.00. The van der Waals surface area contributed by atoms with Crippen LogP contribution < -0.4 is 5.84 Å². The lowest BCUT2D eigenvalue weighted by Gasteiger charge is -2.42. The zero-order valence-corrected chi connectivity index (χ0v) is 33.4. The maximum Gasteiger partial charge on any atom is 0.333 e. The molecule has 0 spiro atoms. The van der Waals surface area contributed by atoms with Crippen LogP contribution in [-0.4, -0.2) is 46.9 Å². The summed E-state index contributed by atoms with van der Waals surface area (Å²) in [4.78, 5) is 43.6. The fourth-order valence-electron chi connectivity index (χ4n) is 7.27. The largest absolute Gasteiger partial charge is 0.467 e. The van der Waals surface area contributed by atoms with Crippen molar-refractivity contribution in [3.8, 4) is 11.1 Å². The van der Waals surface area contributed by atoms with E-state index in [1.54, 1.807) is 23.9 Å². The van der Waals surface area contributed by atoms with E-state index in [1.807, 2.05) is 132 Å². The van der Waals surface area contributed by atoms with E-state index < -0.39 is 39.7 Å². The Hall–Kier alpha value is -5.18. The number of hydrogen-bond acceptors (Lipinski definition) is 7. The van der Waals surface area contributed by atoms with Crippen LogP contribution in [0.4, 0.5) is 0 Å². The Morgan fingerprint density at radius 2 is 1.13 bits per heavy atom. The average molecular weight is 757 g/mol. The lowest BCUT2D eigenvalue weighted by Crippen LogP contribution is -2.63. The average Bonchev–Trinajstić information content (AvgIpc) is 3.20. The van der Waals surface area contributed by atoms with Gasteiger partial charge in [-0.2, -0.15) is 0 Å². The van der Waals surface area contributed by atoms with Crippen molar-refractivity contribution in [2.24, 2.45) is 17.7 Å². The Labute approximate surface area is 330 Å². The van der Waals surface area contributed by atoms with E-state index in [4.69, 9.17) is 15.3 Å². The molecule has 0 bridgehead atoms. The molecular formula is C47H52N2O5S. The molecule has 5 rings (SSSR count). The van der Waals surface area contributed by atoms with Crippen LogP contribution in [0.2, 0.25) is 0 Å². The van der Waals surface area contributed by atoms with Gasteiger partial charge in [0.15, 0.2) is 5.54 Å². The number of carbonyl (C=O) groups is 3. The molecule has 55 heavy (non-hydrogen) atoms. The molecule has 2 atom stereocenters. The van der Waals surface area contributed by atoms with Gasteiger partial charge in [-0.1, -0.05) is 153 Å².